The van der Waals surface area contributed by atoms with Gasteiger partial charge in [0.25, 0.3) is 0 Å². The normalized spacial score (nSPS) is 13.4. The maximum absolute atomic E-state index is 6.04. The van der Waals surface area contributed by atoms with Gasteiger partial charge in [-0.05, 0) is 178 Å². The van der Waals surface area contributed by atoms with Gasteiger partial charge in [0.2, 0.25) is 6.71 Å². The molecule has 0 aliphatic carbocycles. The lowest BCUT2D eigenvalue weighted by Gasteiger charge is -2.26. The van der Waals surface area contributed by atoms with Gasteiger partial charge in [-0.1, -0.05) is 248 Å². The highest BCUT2D eigenvalue weighted by Crippen LogP contribution is 2.44. The van der Waals surface area contributed by atoms with Gasteiger partial charge in [-0.25, -0.2) is 9.97 Å². The zero-order chi connectivity index (χ0) is 62.0. The van der Waals surface area contributed by atoms with Gasteiger partial charge < -0.3 is 9.97 Å². The number of benzene rings is 5. The second kappa shape index (κ2) is 21.3. The number of hydrogen-bond acceptors (Lipinski definition) is 2. The van der Waals surface area contributed by atoms with Gasteiger partial charge in [0, 0.05) is 38.8 Å². The Bertz CT molecular complexity index is 4030. The molecule has 5 aromatic carbocycles. The van der Waals surface area contributed by atoms with Gasteiger partial charge >= 0.3 is 0 Å². The van der Waals surface area contributed by atoms with Crippen LogP contribution in [-0.4, -0.2) is 26.6 Å². The highest BCUT2D eigenvalue weighted by Gasteiger charge is 2.35. The summed E-state index contributed by atoms with van der Waals surface area (Å²) >= 11 is 0. The van der Waals surface area contributed by atoms with Crippen molar-refractivity contribution in [1.29, 1.82) is 0 Å². The standard InChI is InChI=1S/C80H95BN4/c1-46-31-48(3)73(49(4)32-46)81(74-50(5)33-47(2)34-51(74)6)62-45-69-72(54-39-59(79(19,20)21)43-60(40-54)80(22,23)24)67-30-29-66(84-67)71(53-37-57(77(13,14)15)42-58(38-53)78(16,17)18)65-28-27-64(83-65)70(63-26-25-61(82-63)44-68(62)85-69)52-35-55(75(7,8)9)41-56(36-52)76(10,11)12/h25-45,82,84H,1-24H3. The molecule has 0 saturated heterocycles. The molecule has 0 fully saturated rings. The first-order chi connectivity index (χ1) is 39.3. The fourth-order valence-corrected chi connectivity index (χ4v) is 13.0. The van der Waals surface area contributed by atoms with E-state index in [0.717, 1.165) is 78.2 Å². The molecule has 2 aliphatic heterocycles. The molecule has 438 valence electrons. The van der Waals surface area contributed by atoms with Crippen molar-refractivity contribution >= 4 is 63.4 Å². The van der Waals surface area contributed by atoms with E-state index in [0.29, 0.717) is 0 Å². The summed E-state index contributed by atoms with van der Waals surface area (Å²) in [4.78, 5) is 20.2. The summed E-state index contributed by atoms with van der Waals surface area (Å²) in [6.45, 7) is 55.5. The quantitative estimate of drug-likeness (QED) is 0.163. The molecule has 0 atom stereocenters. The molecule has 0 spiro atoms. The number of fused-ring (bicyclic) bond motifs is 8. The van der Waals surface area contributed by atoms with Crippen molar-refractivity contribution in [3.63, 3.8) is 0 Å². The van der Waals surface area contributed by atoms with E-state index in [4.69, 9.17) is 9.97 Å². The number of hydrogen-bond donors (Lipinski definition) is 2. The third kappa shape index (κ3) is 12.2. The fraction of sp³-hybridized carbons (Fsp3) is 0.375. The molecule has 5 heterocycles. The van der Waals surface area contributed by atoms with Crippen LogP contribution in [0, 0.1) is 41.5 Å². The predicted octanol–water partition coefficient (Wildman–Crippen LogP) is 20.5. The Morgan fingerprint density at radius 3 is 0.965 bits per heavy atom. The first-order valence-corrected chi connectivity index (χ1v) is 31.2. The van der Waals surface area contributed by atoms with Crippen LogP contribution in [0.1, 0.15) is 214 Å². The van der Waals surface area contributed by atoms with Crippen LogP contribution >= 0.6 is 0 Å². The Labute approximate surface area is 511 Å². The Balaban J connectivity index is 1.47. The largest absolute Gasteiger partial charge is 0.355 e. The van der Waals surface area contributed by atoms with Gasteiger partial charge in [0.05, 0.1) is 22.8 Å². The third-order valence-electron chi connectivity index (χ3n) is 18.0. The van der Waals surface area contributed by atoms with Gasteiger partial charge in [-0.2, -0.15) is 0 Å². The van der Waals surface area contributed by atoms with E-state index in [9.17, 15) is 0 Å². The zero-order valence-electron chi connectivity index (χ0n) is 56.1. The van der Waals surface area contributed by atoms with Gasteiger partial charge in [-0.3, -0.25) is 0 Å². The molecule has 8 bridgehead atoms. The SMILES string of the molecule is Cc1cc(C)c(B(C2=Cc3nc2cc2ccc([nH]2)c(-c2cc(C(C)(C)C)cc(C(C)(C)C)c2)c2nc(c(-c4cc(C(C)(C)C)cc(C(C)(C)C)c4)c4ccc([nH]4)c3-c3cc(C(C)(C)C)cc(C(C)(C)C)c3)C=C2)c2c(C)cc(C)cc2C)c(C)c1. The van der Waals surface area contributed by atoms with E-state index in [-0.39, 0.29) is 39.2 Å². The molecule has 0 radical (unpaired) electrons. The zero-order valence-corrected chi connectivity index (χ0v) is 56.1. The summed E-state index contributed by atoms with van der Waals surface area (Å²) in [5.41, 5.74) is 32.8. The van der Waals surface area contributed by atoms with Crippen molar-refractivity contribution in [3.05, 3.63) is 199 Å². The molecule has 0 saturated carbocycles. The third-order valence-corrected chi connectivity index (χ3v) is 18.0. The second-order valence-electron chi connectivity index (χ2n) is 31.5. The molecule has 0 unspecified atom stereocenters. The van der Waals surface area contributed by atoms with Crippen molar-refractivity contribution in [3.8, 4) is 33.4 Å². The minimum Gasteiger partial charge on any atom is -0.355 e. The van der Waals surface area contributed by atoms with Crippen LogP contribution in [0.25, 0.3) is 79.1 Å². The molecule has 2 N–H and O–H groups in total. The molecule has 2 aliphatic rings. The molecule has 5 heteroatoms. The molecular weight excluding hydrogens is 1030 g/mol. The second-order valence-corrected chi connectivity index (χ2v) is 31.5. The van der Waals surface area contributed by atoms with Gasteiger partial charge in [0.15, 0.2) is 0 Å². The van der Waals surface area contributed by atoms with Gasteiger partial charge in [0.1, 0.15) is 0 Å². The number of nitrogens with one attached hydrogen (secondary N) is 2. The number of H-pyrrole nitrogens is 2. The van der Waals surface area contributed by atoms with Crippen LogP contribution in [-0.2, 0) is 32.5 Å². The highest BCUT2D eigenvalue weighted by molar-refractivity contribution is 7.01. The average Bonchev–Trinajstić information content (AvgIpc) is 2.61. The minimum atomic E-state index is -0.131. The summed E-state index contributed by atoms with van der Waals surface area (Å²) in [5, 5.41) is 0. The maximum atomic E-state index is 6.04. The topological polar surface area (TPSA) is 57.4 Å². The number of rotatable bonds is 6. The summed E-state index contributed by atoms with van der Waals surface area (Å²) in [5.74, 6) is 0. The van der Waals surface area contributed by atoms with Crippen molar-refractivity contribution in [2.24, 2.45) is 0 Å². The Kier molecular flexibility index (Phi) is 15.3. The number of nitrogens with zero attached hydrogens (tertiary/aromatic N) is 2. The monoisotopic (exact) mass is 1120 g/mol. The summed E-state index contributed by atoms with van der Waals surface area (Å²) in [6, 6.07) is 42.7. The molecule has 3 aromatic heterocycles. The van der Waals surface area contributed by atoms with Crippen LogP contribution in [0.3, 0.4) is 0 Å². The Morgan fingerprint density at radius 1 is 0.329 bits per heavy atom. The van der Waals surface area contributed by atoms with E-state index >= 15 is 0 Å². The van der Waals surface area contributed by atoms with Crippen LogP contribution in [0.2, 0.25) is 0 Å². The van der Waals surface area contributed by atoms with E-state index in [1.807, 2.05) is 0 Å². The van der Waals surface area contributed by atoms with Crippen molar-refractivity contribution in [2.75, 3.05) is 0 Å². The molecule has 0 amide bonds. The summed E-state index contributed by atoms with van der Waals surface area (Å²) < 4.78 is 0. The number of aryl methyl sites for hydroxylation is 6. The average molecular weight is 1120 g/mol. The van der Waals surface area contributed by atoms with Crippen LogP contribution in [0.5, 0.6) is 0 Å². The molecule has 10 rings (SSSR count). The minimum absolute atomic E-state index is 0.0993. The van der Waals surface area contributed by atoms with E-state index in [2.05, 4.69) is 304 Å². The van der Waals surface area contributed by atoms with Gasteiger partial charge in [-0.15, -0.1) is 0 Å². The van der Waals surface area contributed by atoms with Crippen LogP contribution < -0.4 is 10.9 Å². The highest BCUT2D eigenvalue weighted by atomic mass is 14.8. The van der Waals surface area contributed by atoms with Crippen molar-refractivity contribution < 1.29 is 0 Å². The predicted molar refractivity (Wildman–Crippen MR) is 373 cm³/mol. The maximum Gasteiger partial charge on any atom is 0.245 e. The summed E-state index contributed by atoms with van der Waals surface area (Å²) in [6.07, 6.45) is 6.96. The lowest BCUT2D eigenvalue weighted by atomic mass is 9.33. The Hall–Kier alpha value is -7.24. The fourth-order valence-electron chi connectivity index (χ4n) is 13.0. The number of aromatic nitrogens is 4. The molecular formula is C80H95BN4. The first kappa shape index (κ1) is 60.9. The lowest BCUT2D eigenvalue weighted by Crippen LogP contribution is -2.48. The summed E-state index contributed by atoms with van der Waals surface area (Å²) in [7, 11) is 0. The number of aromatic amines is 2. The van der Waals surface area contributed by atoms with E-state index in [1.54, 1.807) is 0 Å². The van der Waals surface area contributed by atoms with E-state index in [1.165, 1.54) is 83.2 Å². The first-order valence-electron chi connectivity index (χ1n) is 31.2. The van der Waals surface area contributed by atoms with Crippen molar-refractivity contribution in [1.82, 2.24) is 19.9 Å². The smallest absolute Gasteiger partial charge is 0.245 e. The van der Waals surface area contributed by atoms with Crippen molar-refractivity contribution in [2.45, 2.75) is 199 Å². The lowest BCUT2D eigenvalue weighted by molar-refractivity contribution is 0.568. The van der Waals surface area contributed by atoms with Crippen LogP contribution in [0.15, 0.2) is 109 Å². The molecule has 4 nitrogen and oxygen atoms in total. The Morgan fingerprint density at radius 2 is 0.635 bits per heavy atom. The van der Waals surface area contributed by atoms with Crippen LogP contribution in [0.4, 0.5) is 0 Å². The van der Waals surface area contributed by atoms with E-state index < -0.39 is 0 Å². The molecule has 8 aromatic rings. The molecule has 85 heavy (non-hydrogen) atoms.